The van der Waals surface area contributed by atoms with Gasteiger partial charge in [-0.25, -0.2) is 0 Å². The molecule has 0 N–H and O–H groups in total. The summed E-state index contributed by atoms with van der Waals surface area (Å²) in [7, 11) is 0. The minimum Gasteiger partial charge on any atom is -0.341 e. The lowest BCUT2D eigenvalue weighted by molar-refractivity contribution is -0.386. The average molecular weight is 280 g/mol. The largest absolute Gasteiger partial charge is 0.341 e. The van der Waals surface area contributed by atoms with Gasteiger partial charge in [0, 0.05) is 13.1 Å². The van der Waals surface area contributed by atoms with Crippen molar-refractivity contribution in [2.45, 2.75) is 40.2 Å². The summed E-state index contributed by atoms with van der Waals surface area (Å²) in [5.74, 6) is 0.500. The lowest BCUT2D eigenvalue weighted by Crippen LogP contribution is -2.41. The van der Waals surface area contributed by atoms with E-state index in [0.717, 1.165) is 25.9 Å². The molecule has 0 spiro atoms. The number of aromatic nitrogens is 2. The minimum absolute atomic E-state index is 0.00446. The molecule has 1 aromatic heterocycles. The number of amides is 1. The van der Waals surface area contributed by atoms with Crippen molar-refractivity contribution in [3.05, 3.63) is 21.5 Å². The van der Waals surface area contributed by atoms with Gasteiger partial charge in [0.25, 0.3) is 0 Å². The predicted molar refractivity (Wildman–Crippen MR) is 73.3 cm³/mol. The molecule has 1 aliphatic rings. The quantitative estimate of drug-likeness (QED) is 0.623. The van der Waals surface area contributed by atoms with Crippen molar-refractivity contribution < 1.29 is 9.72 Å². The Bertz CT molecular complexity index is 538. The SMILES string of the molecule is Cc1nn(CC(=O)N2CCCC(C)C2)c(C)c1[N+](=O)[O-]. The summed E-state index contributed by atoms with van der Waals surface area (Å²) in [4.78, 5) is 24.6. The Labute approximate surface area is 117 Å². The third kappa shape index (κ3) is 2.81. The van der Waals surface area contributed by atoms with E-state index in [0.29, 0.717) is 17.3 Å². The fraction of sp³-hybridized carbons (Fsp3) is 0.692. The second-order valence-electron chi connectivity index (χ2n) is 5.52. The highest BCUT2D eigenvalue weighted by Gasteiger charge is 2.25. The van der Waals surface area contributed by atoms with Gasteiger partial charge in [0.05, 0.1) is 4.92 Å². The van der Waals surface area contributed by atoms with E-state index >= 15 is 0 Å². The molecule has 2 heterocycles. The first kappa shape index (κ1) is 14.5. The van der Waals surface area contributed by atoms with Gasteiger partial charge in [-0.05, 0) is 32.6 Å². The number of aryl methyl sites for hydroxylation is 1. The summed E-state index contributed by atoms with van der Waals surface area (Å²) in [5, 5.41) is 15.1. The Morgan fingerprint density at radius 2 is 2.20 bits per heavy atom. The van der Waals surface area contributed by atoms with Crippen LogP contribution < -0.4 is 0 Å². The van der Waals surface area contributed by atoms with Gasteiger partial charge in [0.15, 0.2) is 0 Å². The molecule has 1 aliphatic heterocycles. The zero-order chi connectivity index (χ0) is 14.9. The molecule has 0 aliphatic carbocycles. The van der Waals surface area contributed by atoms with Crippen molar-refractivity contribution in [1.29, 1.82) is 0 Å². The molecule has 1 unspecified atom stereocenters. The normalized spacial score (nSPS) is 19.1. The first-order valence-electron chi connectivity index (χ1n) is 6.86. The lowest BCUT2D eigenvalue weighted by atomic mass is 10.0. The van der Waals surface area contributed by atoms with Gasteiger partial charge in [-0.1, -0.05) is 6.92 Å². The Morgan fingerprint density at radius 1 is 1.50 bits per heavy atom. The van der Waals surface area contributed by atoms with Crippen molar-refractivity contribution in [2.75, 3.05) is 13.1 Å². The monoisotopic (exact) mass is 280 g/mol. The summed E-state index contributed by atoms with van der Waals surface area (Å²) in [6.07, 6.45) is 2.17. The van der Waals surface area contributed by atoms with Gasteiger partial charge in [-0.2, -0.15) is 5.10 Å². The van der Waals surface area contributed by atoms with Crippen LogP contribution in [-0.2, 0) is 11.3 Å². The van der Waals surface area contributed by atoms with Crippen LogP contribution in [0.4, 0.5) is 5.69 Å². The van der Waals surface area contributed by atoms with Crippen molar-refractivity contribution in [3.8, 4) is 0 Å². The maximum Gasteiger partial charge on any atom is 0.312 e. The Morgan fingerprint density at radius 3 is 2.75 bits per heavy atom. The standard InChI is InChI=1S/C13H20N4O3/c1-9-5-4-6-15(7-9)12(18)8-16-11(3)13(17(19)20)10(2)14-16/h9H,4-8H2,1-3H3. The van der Waals surface area contributed by atoms with Gasteiger partial charge < -0.3 is 4.90 Å². The van der Waals surface area contributed by atoms with E-state index < -0.39 is 4.92 Å². The smallest absolute Gasteiger partial charge is 0.312 e. The van der Waals surface area contributed by atoms with Crippen LogP contribution in [0.15, 0.2) is 0 Å². The molecule has 0 bridgehead atoms. The van der Waals surface area contributed by atoms with Gasteiger partial charge in [0.1, 0.15) is 17.9 Å². The predicted octanol–water partition coefficient (Wildman–Crippen LogP) is 1.67. The maximum absolute atomic E-state index is 12.3. The molecular weight excluding hydrogens is 260 g/mol. The van der Waals surface area contributed by atoms with Crippen LogP contribution in [0, 0.1) is 29.9 Å². The molecular formula is C13H20N4O3. The van der Waals surface area contributed by atoms with Crippen molar-refractivity contribution >= 4 is 11.6 Å². The fourth-order valence-corrected chi connectivity index (χ4v) is 2.75. The molecule has 1 saturated heterocycles. The second kappa shape index (κ2) is 5.60. The highest BCUT2D eigenvalue weighted by Crippen LogP contribution is 2.22. The molecule has 1 atom stereocenters. The van der Waals surface area contributed by atoms with Crippen LogP contribution in [0.3, 0.4) is 0 Å². The van der Waals surface area contributed by atoms with Crippen LogP contribution in [0.25, 0.3) is 0 Å². The molecule has 2 rings (SSSR count). The second-order valence-corrected chi connectivity index (χ2v) is 5.52. The number of hydrogen-bond donors (Lipinski definition) is 0. The number of rotatable bonds is 3. The molecule has 7 heteroatoms. The molecule has 20 heavy (non-hydrogen) atoms. The van der Waals surface area contributed by atoms with Crippen LogP contribution in [0.5, 0.6) is 0 Å². The summed E-state index contributed by atoms with van der Waals surface area (Å²) >= 11 is 0. The number of hydrogen-bond acceptors (Lipinski definition) is 4. The molecule has 1 aromatic rings. The van der Waals surface area contributed by atoms with Gasteiger partial charge in [0.2, 0.25) is 5.91 Å². The van der Waals surface area contributed by atoms with E-state index in [2.05, 4.69) is 12.0 Å². The molecule has 1 fully saturated rings. The Hall–Kier alpha value is -1.92. The van der Waals surface area contributed by atoms with Crippen molar-refractivity contribution in [3.63, 3.8) is 0 Å². The number of carbonyl (C=O) groups excluding carboxylic acids is 1. The van der Waals surface area contributed by atoms with E-state index in [-0.39, 0.29) is 18.1 Å². The lowest BCUT2D eigenvalue weighted by Gasteiger charge is -2.31. The summed E-state index contributed by atoms with van der Waals surface area (Å²) in [6, 6.07) is 0. The number of nitrogens with zero attached hydrogens (tertiary/aromatic N) is 4. The zero-order valence-electron chi connectivity index (χ0n) is 12.1. The van der Waals surface area contributed by atoms with Crippen LogP contribution >= 0.6 is 0 Å². The van der Waals surface area contributed by atoms with E-state index in [4.69, 9.17) is 0 Å². The average Bonchev–Trinajstić information content (AvgIpc) is 2.64. The Balaban J connectivity index is 2.12. The number of likely N-dealkylation sites (tertiary alicyclic amines) is 1. The Kier molecular flexibility index (Phi) is 4.06. The topological polar surface area (TPSA) is 81.3 Å². The van der Waals surface area contributed by atoms with Gasteiger partial charge >= 0.3 is 5.69 Å². The molecule has 0 saturated carbocycles. The molecule has 110 valence electrons. The third-order valence-electron chi connectivity index (χ3n) is 3.82. The van der Waals surface area contributed by atoms with Crippen LogP contribution in [-0.4, -0.2) is 38.6 Å². The molecule has 7 nitrogen and oxygen atoms in total. The van der Waals surface area contributed by atoms with E-state index in [9.17, 15) is 14.9 Å². The molecule has 1 amide bonds. The number of carbonyl (C=O) groups is 1. The van der Waals surface area contributed by atoms with E-state index in [1.807, 2.05) is 4.90 Å². The molecule has 0 radical (unpaired) electrons. The fourth-order valence-electron chi connectivity index (χ4n) is 2.75. The summed E-state index contributed by atoms with van der Waals surface area (Å²) in [6.45, 7) is 6.96. The highest BCUT2D eigenvalue weighted by molar-refractivity contribution is 5.76. The first-order valence-corrected chi connectivity index (χ1v) is 6.86. The number of nitro groups is 1. The third-order valence-corrected chi connectivity index (χ3v) is 3.82. The van der Waals surface area contributed by atoms with Gasteiger partial charge in [-0.3, -0.25) is 19.6 Å². The van der Waals surface area contributed by atoms with Crippen LogP contribution in [0.2, 0.25) is 0 Å². The zero-order valence-corrected chi connectivity index (χ0v) is 12.1. The van der Waals surface area contributed by atoms with E-state index in [1.54, 1.807) is 13.8 Å². The maximum atomic E-state index is 12.3. The summed E-state index contributed by atoms with van der Waals surface area (Å²) in [5.41, 5.74) is 0.794. The summed E-state index contributed by atoms with van der Waals surface area (Å²) < 4.78 is 1.44. The van der Waals surface area contributed by atoms with Crippen LogP contribution in [0.1, 0.15) is 31.2 Å². The first-order chi connectivity index (χ1) is 9.40. The van der Waals surface area contributed by atoms with Crippen molar-refractivity contribution in [1.82, 2.24) is 14.7 Å². The van der Waals surface area contributed by atoms with E-state index in [1.165, 1.54) is 4.68 Å². The van der Waals surface area contributed by atoms with Gasteiger partial charge in [-0.15, -0.1) is 0 Å². The highest BCUT2D eigenvalue weighted by atomic mass is 16.6. The molecule has 0 aromatic carbocycles. The van der Waals surface area contributed by atoms with Crippen molar-refractivity contribution in [2.24, 2.45) is 5.92 Å². The number of piperidine rings is 1. The minimum atomic E-state index is -0.443.